The molecule has 0 spiro atoms. The zero-order chi connectivity index (χ0) is 14.4. The fourth-order valence-corrected chi connectivity index (χ4v) is 3.66. The van der Waals surface area contributed by atoms with Crippen molar-refractivity contribution in [3.8, 4) is 5.69 Å². The summed E-state index contributed by atoms with van der Waals surface area (Å²) in [4.78, 5) is 12.5. The Morgan fingerprint density at radius 3 is 2.80 bits per heavy atom. The highest BCUT2D eigenvalue weighted by molar-refractivity contribution is 7.20. The number of hydrogen-bond acceptors (Lipinski definition) is 3. The molecule has 0 saturated heterocycles. The molecule has 0 bridgehead atoms. The predicted molar refractivity (Wildman–Crippen MR) is 80.4 cm³/mol. The van der Waals surface area contributed by atoms with Crippen LogP contribution in [0.25, 0.3) is 15.9 Å². The van der Waals surface area contributed by atoms with Crippen LogP contribution >= 0.6 is 22.9 Å². The van der Waals surface area contributed by atoms with Crippen molar-refractivity contribution in [3.63, 3.8) is 0 Å². The zero-order valence-corrected chi connectivity index (χ0v) is 12.4. The number of carboxylic acid groups (broad SMARTS) is 1. The van der Waals surface area contributed by atoms with E-state index in [1.807, 2.05) is 32.0 Å². The van der Waals surface area contributed by atoms with Crippen molar-refractivity contribution >= 4 is 39.1 Å². The summed E-state index contributed by atoms with van der Waals surface area (Å²) in [5.41, 5.74) is 2.42. The van der Waals surface area contributed by atoms with Crippen LogP contribution in [0.2, 0.25) is 5.02 Å². The molecule has 102 valence electrons. The quantitative estimate of drug-likeness (QED) is 0.777. The molecule has 0 aliphatic carbocycles. The maximum absolute atomic E-state index is 11.3. The normalized spacial score (nSPS) is 11.2. The first-order chi connectivity index (χ1) is 9.49. The lowest BCUT2D eigenvalue weighted by molar-refractivity contribution is 0.0701. The average Bonchev–Trinajstić information content (AvgIpc) is 2.89. The van der Waals surface area contributed by atoms with Crippen LogP contribution in [0, 0.1) is 13.8 Å². The molecule has 0 unspecified atom stereocenters. The summed E-state index contributed by atoms with van der Waals surface area (Å²) in [7, 11) is 0. The van der Waals surface area contributed by atoms with E-state index < -0.39 is 5.97 Å². The number of benzene rings is 1. The topological polar surface area (TPSA) is 55.1 Å². The second-order valence-electron chi connectivity index (χ2n) is 4.52. The number of carboxylic acids is 1. The monoisotopic (exact) mass is 306 g/mol. The number of aromatic nitrogens is 2. The molecule has 0 fully saturated rings. The number of hydrogen-bond donors (Lipinski definition) is 1. The van der Waals surface area contributed by atoms with Gasteiger partial charge in [0.25, 0.3) is 0 Å². The maximum Gasteiger partial charge on any atom is 0.346 e. The fraction of sp³-hybridized carbons (Fsp3) is 0.143. The Morgan fingerprint density at radius 1 is 1.40 bits per heavy atom. The lowest BCUT2D eigenvalue weighted by Crippen LogP contribution is -1.97. The van der Waals surface area contributed by atoms with E-state index in [-0.39, 0.29) is 0 Å². The highest BCUT2D eigenvalue weighted by Gasteiger charge is 2.21. The smallest absolute Gasteiger partial charge is 0.346 e. The van der Waals surface area contributed by atoms with E-state index in [0.717, 1.165) is 27.2 Å². The summed E-state index contributed by atoms with van der Waals surface area (Å²) < 4.78 is 1.75. The number of aromatic carboxylic acids is 1. The van der Waals surface area contributed by atoms with Crippen molar-refractivity contribution in [1.82, 2.24) is 9.78 Å². The number of carbonyl (C=O) groups is 1. The first-order valence-corrected chi connectivity index (χ1v) is 7.16. The second-order valence-corrected chi connectivity index (χ2v) is 5.95. The Labute approximate surface area is 124 Å². The van der Waals surface area contributed by atoms with Gasteiger partial charge in [-0.05, 0) is 37.6 Å². The van der Waals surface area contributed by atoms with Crippen LogP contribution in [0.4, 0.5) is 0 Å². The van der Waals surface area contributed by atoms with E-state index in [4.69, 9.17) is 11.6 Å². The third-order valence-electron chi connectivity index (χ3n) is 3.18. The number of rotatable bonds is 2. The van der Waals surface area contributed by atoms with Gasteiger partial charge in [0.1, 0.15) is 9.71 Å². The average molecular weight is 307 g/mol. The van der Waals surface area contributed by atoms with Gasteiger partial charge < -0.3 is 5.11 Å². The predicted octanol–water partition coefficient (Wildman–Crippen LogP) is 4.06. The Balaban J connectivity index is 2.32. The summed E-state index contributed by atoms with van der Waals surface area (Å²) in [5.74, 6) is -0.902. The van der Waals surface area contributed by atoms with E-state index >= 15 is 0 Å². The minimum absolute atomic E-state index is 0.358. The van der Waals surface area contributed by atoms with Crippen LogP contribution in [-0.2, 0) is 0 Å². The third kappa shape index (κ3) is 1.90. The Bertz CT molecular complexity index is 835. The highest BCUT2D eigenvalue weighted by Crippen LogP contribution is 2.34. The Kier molecular flexibility index (Phi) is 3.03. The summed E-state index contributed by atoms with van der Waals surface area (Å²) in [5, 5.41) is 15.3. The van der Waals surface area contributed by atoms with Gasteiger partial charge in [0.15, 0.2) is 0 Å². The molecule has 0 aliphatic rings. The molecule has 20 heavy (non-hydrogen) atoms. The van der Waals surface area contributed by atoms with Crippen molar-refractivity contribution in [3.05, 3.63) is 45.4 Å². The molecule has 1 aromatic carbocycles. The number of fused-ring (bicyclic) bond motifs is 1. The van der Waals surface area contributed by atoms with E-state index in [1.165, 1.54) is 11.3 Å². The van der Waals surface area contributed by atoms with Crippen LogP contribution in [0.15, 0.2) is 24.3 Å². The molecular weight excluding hydrogens is 296 g/mol. The standard InChI is InChI=1S/C14H11ClN2O2S/c1-7-11-8(2)16-17(10-5-3-4-9(15)6-10)13(11)20-12(7)14(18)19/h3-6H,1-2H3,(H,18,19). The molecule has 6 heteroatoms. The van der Waals surface area contributed by atoms with Crippen LogP contribution in [0.1, 0.15) is 20.9 Å². The Hall–Kier alpha value is -1.85. The van der Waals surface area contributed by atoms with Gasteiger partial charge in [-0.25, -0.2) is 9.48 Å². The number of halogens is 1. The maximum atomic E-state index is 11.3. The molecule has 0 aliphatic heterocycles. The molecule has 2 heterocycles. The first kappa shape index (κ1) is 13.1. The Morgan fingerprint density at radius 2 is 2.15 bits per heavy atom. The van der Waals surface area contributed by atoms with E-state index in [2.05, 4.69) is 5.10 Å². The highest BCUT2D eigenvalue weighted by atomic mass is 35.5. The van der Waals surface area contributed by atoms with Gasteiger partial charge in [-0.2, -0.15) is 5.10 Å². The second kappa shape index (κ2) is 4.61. The van der Waals surface area contributed by atoms with Gasteiger partial charge in [-0.15, -0.1) is 11.3 Å². The fourth-order valence-electron chi connectivity index (χ4n) is 2.31. The van der Waals surface area contributed by atoms with Crippen molar-refractivity contribution < 1.29 is 9.90 Å². The van der Waals surface area contributed by atoms with Gasteiger partial charge in [-0.1, -0.05) is 17.7 Å². The summed E-state index contributed by atoms with van der Waals surface area (Å²) in [6.45, 7) is 3.70. The number of aryl methyl sites for hydroxylation is 2. The van der Waals surface area contributed by atoms with Crippen molar-refractivity contribution in [2.45, 2.75) is 13.8 Å². The SMILES string of the molecule is Cc1nn(-c2cccc(Cl)c2)c2sc(C(=O)O)c(C)c12. The largest absolute Gasteiger partial charge is 0.477 e. The van der Waals surface area contributed by atoms with Crippen molar-refractivity contribution in [2.24, 2.45) is 0 Å². The minimum atomic E-state index is -0.902. The minimum Gasteiger partial charge on any atom is -0.477 e. The van der Waals surface area contributed by atoms with E-state index in [0.29, 0.717) is 9.90 Å². The molecular formula is C14H11ClN2O2S. The van der Waals surface area contributed by atoms with Gasteiger partial charge in [0.05, 0.1) is 11.4 Å². The molecule has 1 N–H and O–H groups in total. The first-order valence-electron chi connectivity index (χ1n) is 5.97. The van der Waals surface area contributed by atoms with Crippen LogP contribution in [-0.4, -0.2) is 20.9 Å². The van der Waals surface area contributed by atoms with E-state index in [1.54, 1.807) is 10.7 Å². The molecule has 4 nitrogen and oxygen atoms in total. The van der Waals surface area contributed by atoms with Gasteiger partial charge in [0.2, 0.25) is 0 Å². The summed E-state index contributed by atoms with van der Waals surface area (Å²) in [6.07, 6.45) is 0. The molecule has 3 rings (SSSR count). The van der Waals surface area contributed by atoms with E-state index in [9.17, 15) is 9.90 Å². The van der Waals surface area contributed by atoms with Gasteiger partial charge >= 0.3 is 5.97 Å². The molecule has 0 radical (unpaired) electrons. The van der Waals surface area contributed by atoms with Crippen LogP contribution in [0.5, 0.6) is 0 Å². The zero-order valence-electron chi connectivity index (χ0n) is 10.8. The molecule has 0 saturated carbocycles. The lowest BCUT2D eigenvalue weighted by atomic mass is 10.2. The molecule has 3 aromatic rings. The number of thiophene rings is 1. The summed E-state index contributed by atoms with van der Waals surface area (Å²) in [6, 6.07) is 7.34. The van der Waals surface area contributed by atoms with Gasteiger partial charge in [0, 0.05) is 10.4 Å². The van der Waals surface area contributed by atoms with Crippen LogP contribution in [0.3, 0.4) is 0 Å². The summed E-state index contributed by atoms with van der Waals surface area (Å²) >= 11 is 7.25. The molecule has 0 atom stereocenters. The lowest BCUT2D eigenvalue weighted by Gasteiger charge is -2.02. The van der Waals surface area contributed by atoms with Crippen LogP contribution < -0.4 is 0 Å². The van der Waals surface area contributed by atoms with Crippen molar-refractivity contribution in [1.29, 1.82) is 0 Å². The number of nitrogens with zero attached hydrogens (tertiary/aromatic N) is 2. The third-order valence-corrected chi connectivity index (χ3v) is 4.67. The molecule has 0 amide bonds. The van der Waals surface area contributed by atoms with Crippen molar-refractivity contribution in [2.75, 3.05) is 0 Å². The van der Waals surface area contributed by atoms with Gasteiger partial charge in [-0.3, -0.25) is 0 Å². The molecule has 2 aromatic heterocycles.